The second kappa shape index (κ2) is 6.16. The maximum atomic E-state index is 5.84. The number of hydrogen-bond donors (Lipinski definition) is 0. The molecule has 0 unspecified atom stereocenters. The summed E-state index contributed by atoms with van der Waals surface area (Å²) in [5, 5.41) is 9.48. The Bertz CT molecular complexity index is 996. The molecule has 4 rings (SSSR count). The predicted molar refractivity (Wildman–Crippen MR) is 96.3 cm³/mol. The summed E-state index contributed by atoms with van der Waals surface area (Å²) < 4.78 is 8.02. The van der Waals surface area contributed by atoms with Gasteiger partial charge in [-0.3, -0.25) is 0 Å². The zero-order chi connectivity index (χ0) is 16.4. The molecule has 0 aliphatic rings. The van der Waals surface area contributed by atoms with Crippen LogP contribution in [0.4, 0.5) is 0 Å². The van der Waals surface area contributed by atoms with E-state index in [4.69, 9.17) is 4.42 Å². The number of nitrogens with zero attached hydrogens (tertiary/aromatic N) is 3. The third kappa shape index (κ3) is 2.63. The molecule has 0 aliphatic heterocycles. The monoisotopic (exact) mass is 315 g/mol. The number of aryl methyl sites for hydroxylation is 1. The summed E-state index contributed by atoms with van der Waals surface area (Å²) >= 11 is 0. The molecule has 4 heteroatoms. The van der Waals surface area contributed by atoms with Crippen LogP contribution in [0.15, 0.2) is 65.2 Å². The third-order valence-corrected chi connectivity index (χ3v) is 4.02. The highest BCUT2D eigenvalue weighted by Crippen LogP contribution is 2.30. The SMILES string of the molecule is CCn1cc(-c2nnc(/C=C/c3ccccc3)o2)c2ccccc21. The van der Waals surface area contributed by atoms with E-state index < -0.39 is 0 Å². The molecule has 24 heavy (non-hydrogen) atoms. The third-order valence-electron chi connectivity index (χ3n) is 4.02. The molecule has 0 radical (unpaired) electrons. The Morgan fingerprint density at radius 2 is 1.75 bits per heavy atom. The standard InChI is InChI=1S/C20H17N3O/c1-2-23-14-17(16-10-6-7-11-18(16)23)20-22-21-19(24-20)13-12-15-8-4-3-5-9-15/h3-14H,2H2,1H3/b13-12+. The summed E-state index contributed by atoms with van der Waals surface area (Å²) in [6.45, 7) is 3.02. The minimum atomic E-state index is 0.502. The molecule has 4 nitrogen and oxygen atoms in total. The van der Waals surface area contributed by atoms with E-state index in [1.54, 1.807) is 0 Å². The van der Waals surface area contributed by atoms with Gasteiger partial charge < -0.3 is 8.98 Å². The largest absolute Gasteiger partial charge is 0.417 e. The number of hydrogen-bond acceptors (Lipinski definition) is 3. The van der Waals surface area contributed by atoms with Crippen LogP contribution in [0, 0.1) is 0 Å². The first-order valence-electron chi connectivity index (χ1n) is 8.00. The van der Waals surface area contributed by atoms with E-state index in [0.29, 0.717) is 11.8 Å². The van der Waals surface area contributed by atoms with Gasteiger partial charge in [0.2, 0.25) is 11.8 Å². The summed E-state index contributed by atoms with van der Waals surface area (Å²) in [5.41, 5.74) is 3.24. The molecule has 118 valence electrons. The van der Waals surface area contributed by atoms with Gasteiger partial charge in [0.1, 0.15) is 0 Å². The molecule has 0 aliphatic carbocycles. The van der Waals surface area contributed by atoms with E-state index in [-0.39, 0.29) is 0 Å². The van der Waals surface area contributed by atoms with Gasteiger partial charge in [-0.25, -0.2) is 0 Å². The van der Waals surface area contributed by atoms with Crippen molar-refractivity contribution >= 4 is 23.1 Å². The summed E-state index contributed by atoms with van der Waals surface area (Å²) in [6.07, 6.45) is 5.88. The van der Waals surface area contributed by atoms with Crippen molar-refractivity contribution in [1.29, 1.82) is 0 Å². The second-order valence-corrected chi connectivity index (χ2v) is 5.54. The molecule has 0 saturated heterocycles. The highest BCUT2D eigenvalue weighted by atomic mass is 16.4. The molecule has 4 aromatic rings. The van der Waals surface area contributed by atoms with Crippen LogP contribution in [0.3, 0.4) is 0 Å². The van der Waals surface area contributed by atoms with Gasteiger partial charge in [-0.1, -0.05) is 48.5 Å². The van der Waals surface area contributed by atoms with Crippen LogP contribution in [0.1, 0.15) is 18.4 Å². The zero-order valence-corrected chi connectivity index (χ0v) is 13.4. The Morgan fingerprint density at radius 1 is 0.958 bits per heavy atom. The van der Waals surface area contributed by atoms with Crippen molar-refractivity contribution in [3.8, 4) is 11.5 Å². The van der Waals surface area contributed by atoms with Gasteiger partial charge in [0.15, 0.2) is 0 Å². The number of para-hydroxylation sites is 1. The van der Waals surface area contributed by atoms with Crippen LogP contribution in [-0.2, 0) is 6.54 Å². The van der Waals surface area contributed by atoms with Crippen molar-refractivity contribution in [3.05, 3.63) is 72.2 Å². The fourth-order valence-electron chi connectivity index (χ4n) is 2.82. The van der Waals surface area contributed by atoms with Gasteiger partial charge in [-0.15, -0.1) is 10.2 Å². The van der Waals surface area contributed by atoms with Gasteiger partial charge in [0.05, 0.1) is 5.56 Å². The Kier molecular flexibility index (Phi) is 3.71. The van der Waals surface area contributed by atoms with Gasteiger partial charge in [-0.05, 0) is 24.6 Å². The van der Waals surface area contributed by atoms with Crippen LogP contribution in [-0.4, -0.2) is 14.8 Å². The second-order valence-electron chi connectivity index (χ2n) is 5.54. The van der Waals surface area contributed by atoms with Crippen molar-refractivity contribution in [1.82, 2.24) is 14.8 Å². The zero-order valence-electron chi connectivity index (χ0n) is 13.4. The molecular weight excluding hydrogens is 298 g/mol. The van der Waals surface area contributed by atoms with Crippen molar-refractivity contribution in [2.24, 2.45) is 0 Å². The Labute approximate surface area is 140 Å². The average molecular weight is 315 g/mol. The molecule has 0 fully saturated rings. The first-order valence-corrected chi connectivity index (χ1v) is 8.00. The molecule has 0 amide bonds. The topological polar surface area (TPSA) is 43.9 Å². The van der Waals surface area contributed by atoms with E-state index in [2.05, 4.69) is 40.0 Å². The highest BCUT2D eigenvalue weighted by molar-refractivity contribution is 5.94. The maximum Gasteiger partial charge on any atom is 0.250 e. The minimum absolute atomic E-state index is 0.502. The lowest BCUT2D eigenvalue weighted by Gasteiger charge is -1.97. The van der Waals surface area contributed by atoms with Crippen molar-refractivity contribution in [2.75, 3.05) is 0 Å². The molecular formula is C20H17N3O. The lowest BCUT2D eigenvalue weighted by molar-refractivity contribution is 0.558. The summed E-state index contributed by atoms with van der Waals surface area (Å²) in [7, 11) is 0. The van der Waals surface area contributed by atoms with E-state index in [1.165, 1.54) is 5.52 Å². The summed E-state index contributed by atoms with van der Waals surface area (Å²) in [6, 6.07) is 18.3. The average Bonchev–Trinajstić information content (AvgIpc) is 3.25. The normalized spacial score (nSPS) is 11.5. The lowest BCUT2D eigenvalue weighted by Crippen LogP contribution is -1.89. The molecule has 0 spiro atoms. The van der Waals surface area contributed by atoms with Gasteiger partial charge >= 0.3 is 0 Å². The van der Waals surface area contributed by atoms with Crippen LogP contribution < -0.4 is 0 Å². The lowest BCUT2D eigenvalue weighted by atomic mass is 10.2. The number of benzene rings is 2. The fraction of sp³-hybridized carbons (Fsp3) is 0.100. The fourth-order valence-corrected chi connectivity index (χ4v) is 2.82. The molecule has 0 atom stereocenters. The van der Waals surface area contributed by atoms with E-state index in [9.17, 15) is 0 Å². The molecule has 2 heterocycles. The van der Waals surface area contributed by atoms with E-state index in [1.807, 2.05) is 54.6 Å². The summed E-state index contributed by atoms with van der Waals surface area (Å²) in [5.74, 6) is 1.05. The van der Waals surface area contributed by atoms with Gasteiger partial charge in [-0.2, -0.15) is 0 Å². The predicted octanol–water partition coefficient (Wildman–Crippen LogP) is 4.88. The minimum Gasteiger partial charge on any atom is -0.417 e. The van der Waals surface area contributed by atoms with Crippen LogP contribution in [0.5, 0.6) is 0 Å². The first kappa shape index (κ1) is 14.5. The van der Waals surface area contributed by atoms with Crippen molar-refractivity contribution in [3.63, 3.8) is 0 Å². The maximum absolute atomic E-state index is 5.84. The molecule has 0 N–H and O–H groups in total. The number of fused-ring (bicyclic) bond motifs is 1. The molecule has 2 aromatic heterocycles. The van der Waals surface area contributed by atoms with Crippen molar-refractivity contribution in [2.45, 2.75) is 13.5 Å². The molecule has 0 bridgehead atoms. The Balaban J connectivity index is 1.69. The summed E-state index contributed by atoms with van der Waals surface area (Å²) in [4.78, 5) is 0. The first-order chi connectivity index (χ1) is 11.8. The van der Waals surface area contributed by atoms with Crippen LogP contribution in [0.25, 0.3) is 34.5 Å². The van der Waals surface area contributed by atoms with E-state index in [0.717, 1.165) is 23.1 Å². The smallest absolute Gasteiger partial charge is 0.250 e. The van der Waals surface area contributed by atoms with Crippen molar-refractivity contribution < 1.29 is 4.42 Å². The Morgan fingerprint density at radius 3 is 2.58 bits per heavy atom. The number of aromatic nitrogens is 3. The van der Waals surface area contributed by atoms with Crippen LogP contribution in [0.2, 0.25) is 0 Å². The quantitative estimate of drug-likeness (QED) is 0.539. The highest BCUT2D eigenvalue weighted by Gasteiger charge is 2.14. The van der Waals surface area contributed by atoms with Gasteiger partial charge in [0.25, 0.3) is 0 Å². The number of rotatable bonds is 4. The van der Waals surface area contributed by atoms with Crippen LogP contribution >= 0.6 is 0 Å². The molecule has 2 aromatic carbocycles. The Hall–Kier alpha value is -3.14. The molecule has 0 saturated carbocycles. The van der Waals surface area contributed by atoms with Gasteiger partial charge in [0, 0.05) is 29.7 Å². The van der Waals surface area contributed by atoms with E-state index >= 15 is 0 Å².